The highest BCUT2D eigenvalue weighted by atomic mass is 32.2. The third-order valence-electron chi connectivity index (χ3n) is 5.67. The first-order valence-corrected chi connectivity index (χ1v) is 11.5. The van der Waals surface area contributed by atoms with Gasteiger partial charge in [-0.3, -0.25) is 0 Å². The molecular formula is C23H29F3N2O2S. The molecule has 31 heavy (non-hydrogen) atoms. The number of hydrogen-bond acceptors (Lipinski definition) is 3. The molecule has 0 radical (unpaired) electrons. The highest BCUT2D eigenvalue weighted by molar-refractivity contribution is 8.01. The number of benzene rings is 1. The van der Waals surface area contributed by atoms with Crippen molar-refractivity contribution in [3.63, 3.8) is 0 Å². The number of thioether (sulfide) groups is 1. The zero-order chi connectivity index (χ0) is 22.5. The van der Waals surface area contributed by atoms with Gasteiger partial charge < -0.3 is 15.0 Å². The third kappa shape index (κ3) is 6.69. The highest BCUT2D eigenvalue weighted by Gasteiger charge is 2.50. The van der Waals surface area contributed by atoms with Crippen LogP contribution in [0.3, 0.4) is 0 Å². The largest absolute Gasteiger partial charge is 0.573 e. The Hall–Kier alpha value is -2.09. The number of allylic oxidation sites excluding steroid dienone is 3. The Morgan fingerprint density at radius 1 is 1.26 bits per heavy atom. The number of halogens is 3. The predicted octanol–water partition coefficient (Wildman–Crippen LogP) is 6.50. The molecule has 1 aliphatic carbocycles. The fourth-order valence-electron chi connectivity index (χ4n) is 4.03. The number of carbonyl (C=O) groups excluding carboxylic acids is 1. The Morgan fingerprint density at radius 3 is 2.42 bits per heavy atom. The van der Waals surface area contributed by atoms with Gasteiger partial charge in [0.05, 0.1) is 0 Å². The molecule has 4 nitrogen and oxygen atoms in total. The molecule has 0 unspecified atom stereocenters. The van der Waals surface area contributed by atoms with Crippen molar-refractivity contribution >= 4 is 17.8 Å². The molecule has 1 saturated heterocycles. The van der Waals surface area contributed by atoms with Crippen LogP contribution in [-0.2, 0) is 0 Å². The molecule has 1 N–H and O–H groups in total. The quantitative estimate of drug-likeness (QED) is 0.478. The Morgan fingerprint density at radius 2 is 1.90 bits per heavy atom. The van der Waals surface area contributed by atoms with Crippen LogP contribution in [-0.4, -0.2) is 35.1 Å². The average molecular weight is 455 g/mol. The summed E-state index contributed by atoms with van der Waals surface area (Å²) in [4.78, 5) is 15.4. The number of ether oxygens (including phenoxy) is 1. The van der Waals surface area contributed by atoms with Crippen LogP contribution >= 0.6 is 11.8 Å². The van der Waals surface area contributed by atoms with E-state index in [0.29, 0.717) is 19.0 Å². The lowest BCUT2D eigenvalue weighted by molar-refractivity contribution is -0.274. The topological polar surface area (TPSA) is 41.6 Å². The third-order valence-corrected chi connectivity index (χ3v) is 7.32. The van der Waals surface area contributed by atoms with Crippen LogP contribution in [0.25, 0.3) is 0 Å². The molecule has 0 atom stereocenters. The van der Waals surface area contributed by atoms with Gasteiger partial charge in [-0.05, 0) is 75.3 Å². The molecule has 0 spiro atoms. The normalized spacial score (nSPS) is 19.5. The molecule has 0 aromatic heterocycles. The Labute approximate surface area is 185 Å². The summed E-state index contributed by atoms with van der Waals surface area (Å²) in [6, 6.07) is 6.05. The summed E-state index contributed by atoms with van der Waals surface area (Å²) in [6.07, 6.45) is 6.04. The van der Waals surface area contributed by atoms with Gasteiger partial charge in [0.25, 0.3) is 0 Å². The van der Waals surface area contributed by atoms with Gasteiger partial charge in [-0.25, -0.2) is 4.79 Å². The lowest BCUT2D eigenvalue weighted by Gasteiger charge is -2.36. The van der Waals surface area contributed by atoms with Gasteiger partial charge in [0.1, 0.15) is 5.75 Å². The van der Waals surface area contributed by atoms with E-state index in [1.165, 1.54) is 12.1 Å². The lowest BCUT2D eigenvalue weighted by Crippen LogP contribution is -2.45. The van der Waals surface area contributed by atoms with E-state index in [4.69, 9.17) is 0 Å². The summed E-state index contributed by atoms with van der Waals surface area (Å²) in [5.74, 6) is 0.296. The molecule has 1 aliphatic heterocycles. The molecule has 0 bridgehead atoms. The fourth-order valence-corrected chi connectivity index (χ4v) is 5.48. The molecule has 1 aromatic carbocycles. The first-order valence-electron chi connectivity index (χ1n) is 10.7. The molecule has 1 saturated carbocycles. The van der Waals surface area contributed by atoms with Crippen molar-refractivity contribution in [1.29, 1.82) is 0 Å². The maximum atomic E-state index is 12.6. The number of hydrogen-bond donors (Lipinski definition) is 1. The number of piperidine rings is 1. The van der Waals surface area contributed by atoms with Gasteiger partial charge >= 0.3 is 12.4 Å². The van der Waals surface area contributed by atoms with Crippen molar-refractivity contribution in [3.8, 4) is 5.75 Å². The van der Waals surface area contributed by atoms with Crippen LogP contribution in [0, 0.1) is 5.92 Å². The second-order valence-corrected chi connectivity index (χ2v) is 9.43. The van der Waals surface area contributed by atoms with Gasteiger partial charge in [-0.2, -0.15) is 0 Å². The second-order valence-electron chi connectivity index (χ2n) is 7.95. The summed E-state index contributed by atoms with van der Waals surface area (Å²) in [5.41, 5.74) is 0.823. The first kappa shape index (κ1) is 23.6. The van der Waals surface area contributed by atoms with Gasteiger partial charge in [-0.15, -0.1) is 24.9 Å². The minimum absolute atomic E-state index is 0.0611. The zero-order valence-electron chi connectivity index (χ0n) is 17.9. The van der Waals surface area contributed by atoms with Crippen LogP contribution in [0.4, 0.5) is 18.0 Å². The molecule has 2 fully saturated rings. The van der Waals surface area contributed by atoms with E-state index in [1.807, 2.05) is 37.0 Å². The van der Waals surface area contributed by atoms with E-state index in [1.54, 1.807) is 23.9 Å². The van der Waals surface area contributed by atoms with E-state index in [9.17, 15) is 18.0 Å². The number of amides is 2. The van der Waals surface area contributed by atoms with Gasteiger partial charge in [0.2, 0.25) is 0 Å². The van der Waals surface area contributed by atoms with Crippen molar-refractivity contribution in [2.75, 3.05) is 13.1 Å². The van der Waals surface area contributed by atoms with Crippen LogP contribution < -0.4 is 10.1 Å². The van der Waals surface area contributed by atoms with Crippen molar-refractivity contribution in [1.82, 2.24) is 10.2 Å². The molecule has 2 amide bonds. The molecule has 8 heteroatoms. The lowest BCUT2D eigenvalue weighted by atomic mass is 9.91. The Balaban J connectivity index is 1.52. The number of alkyl halides is 3. The highest BCUT2D eigenvalue weighted by Crippen LogP contribution is 2.59. The smallest absolute Gasteiger partial charge is 0.406 e. The summed E-state index contributed by atoms with van der Waals surface area (Å²) in [6.45, 7) is 5.38. The van der Waals surface area contributed by atoms with Gasteiger partial charge in [0.15, 0.2) is 0 Å². The average Bonchev–Trinajstić information content (AvgIpc) is 3.49. The standard InChI is InChI=1S/C23H29F3N2O2S/c1-3-5-18(6-4-2)27-21(29)28-15-11-17(12-16-28)22(13-14-22)31-20-9-7-19(8-10-20)30-23(24,25)26/h3,5-10,17H,4,11-16H2,1-2H3,(H,27,29)/b5-3-,18-6+. The summed E-state index contributed by atoms with van der Waals surface area (Å²) < 4.78 is 41.1. The van der Waals surface area contributed by atoms with Crippen molar-refractivity contribution in [2.24, 2.45) is 5.92 Å². The van der Waals surface area contributed by atoms with E-state index in [2.05, 4.69) is 10.1 Å². The molecule has 3 rings (SSSR count). The maximum Gasteiger partial charge on any atom is 0.573 e. The van der Waals surface area contributed by atoms with Crippen molar-refractivity contribution < 1.29 is 22.7 Å². The SMILES string of the molecule is C/C=C\C(=C/CC)NC(=O)N1CCC(C2(Sc3ccc(OC(F)(F)F)cc3)CC2)CC1. The van der Waals surface area contributed by atoms with Gasteiger partial charge in [0, 0.05) is 28.4 Å². The first-order chi connectivity index (χ1) is 14.7. The number of carbonyl (C=O) groups is 1. The molecule has 2 aliphatic rings. The second kappa shape index (κ2) is 10.0. The molecular weight excluding hydrogens is 425 g/mol. The van der Waals surface area contributed by atoms with Crippen LogP contribution in [0.15, 0.2) is 53.1 Å². The monoisotopic (exact) mass is 454 g/mol. The predicted molar refractivity (Wildman–Crippen MR) is 117 cm³/mol. The number of nitrogens with zero attached hydrogens (tertiary/aromatic N) is 1. The Kier molecular flexibility index (Phi) is 7.62. The molecule has 170 valence electrons. The molecule has 1 aromatic rings. The fraction of sp³-hybridized carbons (Fsp3) is 0.522. The summed E-state index contributed by atoms with van der Waals surface area (Å²) in [5, 5.41) is 2.98. The number of likely N-dealkylation sites (tertiary alicyclic amines) is 1. The zero-order valence-corrected chi connectivity index (χ0v) is 18.7. The molecule has 1 heterocycles. The maximum absolute atomic E-state index is 12.6. The van der Waals surface area contributed by atoms with Crippen LogP contribution in [0.2, 0.25) is 0 Å². The Bertz CT molecular complexity index is 809. The van der Waals surface area contributed by atoms with Crippen molar-refractivity contribution in [2.45, 2.75) is 62.0 Å². The van der Waals surface area contributed by atoms with E-state index in [-0.39, 0.29) is 16.5 Å². The van der Waals surface area contributed by atoms with Gasteiger partial charge in [-0.1, -0.05) is 19.1 Å². The minimum Gasteiger partial charge on any atom is -0.406 e. The van der Waals surface area contributed by atoms with E-state index in [0.717, 1.165) is 42.7 Å². The van der Waals surface area contributed by atoms with E-state index >= 15 is 0 Å². The number of urea groups is 1. The van der Waals surface area contributed by atoms with Crippen LogP contribution in [0.1, 0.15) is 46.0 Å². The van der Waals surface area contributed by atoms with Crippen LogP contribution in [0.5, 0.6) is 5.75 Å². The number of nitrogens with one attached hydrogen (secondary N) is 1. The van der Waals surface area contributed by atoms with Crippen molar-refractivity contribution in [3.05, 3.63) is 48.2 Å². The summed E-state index contributed by atoms with van der Waals surface area (Å²) >= 11 is 1.75. The van der Waals surface area contributed by atoms with E-state index < -0.39 is 6.36 Å². The summed E-state index contributed by atoms with van der Waals surface area (Å²) in [7, 11) is 0. The minimum atomic E-state index is -4.67. The number of rotatable bonds is 7.